The molecule has 1 aliphatic heterocycles. The van der Waals surface area contributed by atoms with Gasteiger partial charge < -0.3 is 10.1 Å². The number of rotatable bonds is 4. The van der Waals surface area contributed by atoms with Gasteiger partial charge in [0.2, 0.25) is 0 Å². The maximum atomic E-state index is 14.5. The lowest BCUT2D eigenvalue weighted by Gasteiger charge is -2.27. The zero-order valence-electron chi connectivity index (χ0n) is 11.6. The van der Waals surface area contributed by atoms with Gasteiger partial charge in [0, 0.05) is 44.5 Å². The van der Waals surface area contributed by atoms with E-state index in [0.29, 0.717) is 12.1 Å². The van der Waals surface area contributed by atoms with Crippen LogP contribution in [0.15, 0.2) is 17.0 Å². The molecule has 7 heteroatoms. The lowest BCUT2D eigenvalue weighted by atomic mass is 10.1. The molecule has 1 aliphatic rings. The van der Waals surface area contributed by atoms with Gasteiger partial charge in [0.25, 0.3) is 0 Å². The van der Waals surface area contributed by atoms with E-state index in [1.165, 1.54) is 13.2 Å². The van der Waals surface area contributed by atoms with E-state index < -0.39 is 15.7 Å². The number of nitrogens with zero attached hydrogens (tertiary/aromatic N) is 1. The topological polar surface area (TPSA) is 58.6 Å². The van der Waals surface area contributed by atoms with E-state index in [9.17, 15) is 12.8 Å². The zero-order valence-corrected chi connectivity index (χ0v) is 12.5. The highest BCUT2D eigenvalue weighted by Gasteiger charge is 2.23. The van der Waals surface area contributed by atoms with Crippen LogP contribution in [0.3, 0.4) is 0 Å². The minimum absolute atomic E-state index is 0.0501. The molecule has 0 saturated carbocycles. The first kappa shape index (κ1) is 15.2. The van der Waals surface area contributed by atoms with Crippen LogP contribution in [-0.2, 0) is 16.4 Å². The molecular formula is C13H19FN2O3S. The van der Waals surface area contributed by atoms with Crippen LogP contribution >= 0.6 is 0 Å². The van der Waals surface area contributed by atoms with Crippen molar-refractivity contribution in [2.24, 2.45) is 0 Å². The highest BCUT2D eigenvalue weighted by Crippen LogP contribution is 2.29. The van der Waals surface area contributed by atoms with Crippen LogP contribution in [0.1, 0.15) is 5.56 Å². The molecule has 1 heterocycles. The quantitative estimate of drug-likeness (QED) is 0.885. The molecule has 0 amide bonds. The van der Waals surface area contributed by atoms with E-state index in [2.05, 4.69) is 10.2 Å². The van der Waals surface area contributed by atoms with Crippen LogP contribution in [0.4, 0.5) is 4.39 Å². The van der Waals surface area contributed by atoms with Gasteiger partial charge in [-0.2, -0.15) is 0 Å². The Labute approximate surface area is 118 Å². The summed E-state index contributed by atoms with van der Waals surface area (Å²) in [5, 5.41) is 3.22. The predicted octanol–water partition coefficient (Wildman–Crippen LogP) is 0.643. The summed E-state index contributed by atoms with van der Waals surface area (Å²) in [6.07, 6.45) is 0.989. The van der Waals surface area contributed by atoms with Crippen LogP contribution in [0.25, 0.3) is 0 Å². The number of hydrogen-bond acceptors (Lipinski definition) is 5. The summed E-state index contributed by atoms with van der Waals surface area (Å²) >= 11 is 0. The molecular weight excluding hydrogens is 283 g/mol. The molecule has 1 fully saturated rings. The van der Waals surface area contributed by atoms with Gasteiger partial charge in [-0.1, -0.05) is 6.07 Å². The van der Waals surface area contributed by atoms with Crippen LogP contribution in [-0.4, -0.2) is 52.9 Å². The van der Waals surface area contributed by atoms with Gasteiger partial charge in [-0.05, 0) is 6.07 Å². The van der Waals surface area contributed by atoms with Crippen molar-refractivity contribution in [2.45, 2.75) is 11.4 Å². The Morgan fingerprint density at radius 2 is 2.00 bits per heavy atom. The highest BCUT2D eigenvalue weighted by molar-refractivity contribution is 7.90. The average Bonchev–Trinajstić information content (AvgIpc) is 2.40. The maximum absolute atomic E-state index is 14.5. The van der Waals surface area contributed by atoms with E-state index >= 15 is 0 Å². The summed E-state index contributed by atoms with van der Waals surface area (Å²) in [5.74, 6) is -0.653. The van der Waals surface area contributed by atoms with Crippen molar-refractivity contribution in [3.8, 4) is 5.75 Å². The Hall–Kier alpha value is -1.18. The van der Waals surface area contributed by atoms with Crippen molar-refractivity contribution in [3.63, 3.8) is 0 Å². The molecule has 0 atom stereocenters. The van der Waals surface area contributed by atoms with Gasteiger partial charge in [0.15, 0.2) is 9.84 Å². The molecule has 1 saturated heterocycles. The fourth-order valence-corrected chi connectivity index (χ4v) is 3.29. The molecule has 2 rings (SSSR count). The third-order valence-electron chi connectivity index (χ3n) is 3.34. The fraction of sp³-hybridized carbons (Fsp3) is 0.538. The summed E-state index contributed by atoms with van der Waals surface area (Å²) in [5.41, 5.74) is 0.383. The molecule has 5 nitrogen and oxygen atoms in total. The molecule has 112 valence electrons. The first-order chi connectivity index (χ1) is 9.43. The number of ether oxygens (including phenoxy) is 1. The smallest absolute Gasteiger partial charge is 0.182 e. The van der Waals surface area contributed by atoms with Crippen LogP contribution in [0, 0.1) is 5.82 Å². The molecule has 0 spiro atoms. The van der Waals surface area contributed by atoms with E-state index in [-0.39, 0.29) is 10.6 Å². The van der Waals surface area contributed by atoms with Gasteiger partial charge in [-0.25, -0.2) is 12.8 Å². The SMILES string of the molecule is COc1ccc(CN2CCNCC2)c(F)c1S(C)(=O)=O. The maximum Gasteiger partial charge on any atom is 0.182 e. The first-order valence-electron chi connectivity index (χ1n) is 6.42. The first-order valence-corrected chi connectivity index (χ1v) is 8.31. The Bertz CT molecular complexity index is 584. The molecule has 0 bridgehead atoms. The molecule has 1 aromatic carbocycles. The Morgan fingerprint density at radius 1 is 1.35 bits per heavy atom. The standard InChI is InChI=1S/C13H19FN2O3S/c1-19-11-4-3-10(9-16-7-5-15-6-8-16)12(14)13(11)20(2,17)18/h3-4,15H,5-9H2,1-2H3. The second-order valence-corrected chi connectivity index (χ2v) is 6.82. The number of sulfone groups is 1. The zero-order chi connectivity index (χ0) is 14.8. The molecule has 20 heavy (non-hydrogen) atoms. The monoisotopic (exact) mass is 302 g/mol. The van der Waals surface area contributed by atoms with E-state index in [1.807, 2.05) is 0 Å². The second-order valence-electron chi connectivity index (χ2n) is 4.87. The predicted molar refractivity (Wildman–Crippen MR) is 74.2 cm³/mol. The van der Waals surface area contributed by atoms with Gasteiger partial charge >= 0.3 is 0 Å². The van der Waals surface area contributed by atoms with Crippen molar-refractivity contribution in [1.82, 2.24) is 10.2 Å². The second kappa shape index (κ2) is 6.07. The molecule has 1 N–H and O–H groups in total. The summed E-state index contributed by atoms with van der Waals surface area (Å²) in [6.45, 7) is 3.76. The van der Waals surface area contributed by atoms with Gasteiger partial charge in [-0.3, -0.25) is 4.90 Å². The number of benzene rings is 1. The minimum Gasteiger partial charge on any atom is -0.495 e. The van der Waals surface area contributed by atoms with Crippen molar-refractivity contribution in [3.05, 3.63) is 23.5 Å². The number of nitrogens with one attached hydrogen (secondary N) is 1. The number of halogens is 1. The number of hydrogen-bond donors (Lipinski definition) is 1. The number of methoxy groups -OCH3 is 1. The van der Waals surface area contributed by atoms with Gasteiger partial charge in [0.05, 0.1) is 7.11 Å². The fourth-order valence-electron chi connectivity index (χ4n) is 2.32. The minimum atomic E-state index is -3.67. The Balaban J connectivity index is 2.35. The molecule has 0 aliphatic carbocycles. The van der Waals surface area contributed by atoms with Crippen molar-refractivity contribution < 1.29 is 17.5 Å². The summed E-state index contributed by atoms with van der Waals surface area (Å²) in [7, 11) is -2.34. The third-order valence-corrected chi connectivity index (χ3v) is 4.46. The summed E-state index contributed by atoms with van der Waals surface area (Å²) in [6, 6.07) is 3.10. The van der Waals surface area contributed by atoms with E-state index in [0.717, 1.165) is 32.4 Å². The lowest BCUT2D eigenvalue weighted by Crippen LogP contribution is -2.43. The van der Waals surface area contributed by atoms with Crippen molar-refractivity contribution in [2.75, 3.05) is 39.5 Å². The Morgan fingerprint density at radius 3 is 2.55 bits per heavy atom. The van der Waals surface area contributed by atoms with Crippen molar-refractivity contribution >= 4 is 9.84 Å². The Kier molecular flexibility index (Phi) is 4.62. The van der Waals surface area contributed by atoms with E-state index in [4.69, 9.17) is 4.74 Å². The van der Waals surface area contributed by atoms with Gasteiger partial charge in [-0.15, -0.1) is 0 Å². The summed E-state index contributed by atoms with van der Waals surface area (Å²) in [4.78, 5) is 1.74. The summed E-state index contributed by atoms with van der Waals surface area (Å²) < 4.78 is 42.9. The van der Waals surface area contributed by atoms with E-state index in [1.54, 1.807) is 6.07 Å². The molecule has 1 aromatic rings. The van der Waals surface area contributed by atoms with Crippen LogP contribution < -0.4 is 10.1 Å². The molecule has 0 radical (unpaired) electrons. The third kappa shape index (κ3) is 3.28. The lowest BCUT2D eigenvalue weighted by molar-refractivity contribution is 0.229. The largest absolute Gasteiger partial charge is 0.495 e. The highest BCUT2D eigenvalue weighted by atomic mass is 32.2. The van der Waals surface area contributed by atoms with Crippen LogP contribution in [0.2, 0.25) is 0 Å². The average molecular weight is 302 g/mol. The molecule has 0 aromatic heterocycles. The van der Waals surface area contributed by atoms with Crippen LogP contribution in [0.5, 0.6) is 5.75 Å². The molecule has 0 unspecified atom stereocenters. The number of piperazine rings is 1. The van der Waals surface area contributed by atoms with Crippen molar-refractivity contribution in [1.29, 1.82) is 0 Å². The normalized spacial score (nSPS) is 17.1. The van der Waals surface area contributed by atoms with Gasteiger partial charge in [0.1, 0.15) is 16.5 Å².